The van der Waals surface area contributed by atoms with Crippen molar-refractivity contribution < 1.29 is 14.3 Å². The smallest absolute Gasteiger partial charge is 0.276 e. The Morgan fingerprint density at radius 2 is 2.10 bits per heavy atom. The van der Waals surface area contributed by atoms with E-state index in [0.29, 0.717) is 44.0 Å². The lowest BCUT2D eigenvalue weighted by molar-refractivity contribution is -0.120. The zero-order valence-electron chi connectivity index (χ0n) is 11.7. The number of ketones is 1. The summed E-state index contributed by atoms with van der Waals surface area (Å²) in [6.45, 7) is 3.46. The van der Waals surface area contributed by atoms with E-state index in [9.17, 15) is 9.59 Å². The van der Waals surface area contributed by atoms with E-state index < -0.39 is 0 Å². The number of Topliss-reactive ketones (excluding diaryl/α,β-unsaturated/α-hetero) is 1. The van der Waals surface area contributed by atoms with Crippen molar-refractivity contribution in [1.82, 2.24) is 14.9 Å². The van der Waals surface area contributed by atoms with E-state index in [-0.39, 0.29) is 17.4 Å². The van der Waals surface area contributed by atoms with Crippen molar-refractivity contribution in [1.29, 1.82) is 0 Å². The van der Waals surface area contributed by atoms with Gasteiger partial charge in [0.25, 0.3) is 5.91 Å². The van der Waals surface area contributed by atoms with Crippen LogP contribution in [0.4, 0.5) is 5.82 Å². The van der Waals surface area contributed by atoms with Crippen LogP contribution < -0.4 is 10.1 Å². The Morgan fingerprint density at radius 1 is 1.40 bits per heavy atom. The fourth-order valence-corrected chi connectivity index (χ4v) is 2.12. The third kappa shape index (κ3) is 2.87. The molecule has 1 fully saturated rings. The second-order valence-corrected chi connectivity index (χ2v) is 4.47. The molecule has 1 aromatic rings. The Morgan fingerprint density at radius 3 is 2.70 bits per heavy atom. The van der Waals surface area contributed by atoms with Crippen LogP contribution in [-0.2, 0) is 4.79 Å². The lowest BCUT2D eigenvalue weighted by Gasteiger charge is -2.26. The van der Waals surface area contributed by atoms with Crippen molar-refractivity contribution in [2.75, 3.05) is 32.1 Å². The average molecular weight is 278 g/mol. The summed E-state index contributed by atoms with van der Waals surface area (Å²) in [5.74, 6) is 0.811. The van der Waals surface area contributed by atoms with Gasteiger partial charge in [0, 0.05) is 32.5 Å². The molecule has 0 spiro atoms. The highest BCUT2D eigenvalue weighted by Crippen LogP contribution is 2.26. The van der Waals surface area contributed by atoms with Crippen molar-refractivity contribution in [3.8, 4) is 5.75 Å². The molecular weight excluding hydrogens is 260 g/mol. The van der Waals surface area contributed by atoms with Crippen LogP contribution in [0, 0.1) is 0 Å². The van der Waals surface area contributed by atoms with E-state index in [2.05, 4.69) is 15.3 Å². The summed E-state index contributed by atoms with van der Waals surface area (Å²) < 4.78 is 5.26. The maximum Gasteiger partial charge on any atom is 0.276 e. The highest BCUT2D eigenvalue weighted by Gasteiger charge is 2.26. The standard InChI is InChI=1S/C13H18N4O3/c1-3-14-12-11(20-2)10(15-8-16-12)13(19)17-6-4-9(18)5-7-17/h8H,3-7H2,1-2H3,(H,14,15,16). The van der Waals surface area contributed by atoms with Gasteiger partial charge in [0.15, 0.2) is 17.3 Å². The Bertz CT molecular complexity index is 508. The molecule has 0 bridgehead atoms. The van der Waals surface area contributed by atoms with Crippen LogP contribution in [0.5, 0.6) is 5.75 Å². The van der Waals surface area contributed by atoms with Crippen LogP contribution >= 0.6 is 0 Å². The van der Waals surface area contributed by atoms with Gasteiger partial charge in [0.05, 0.1) is 7.11 Å². The maximum absolute atomic E-state index is 12.5. The number of methoxy groups -OCH3 is 1. The van der Waals surface area contributed by atoms with Crippen molar-refractivity contribution in [3.05, 3.63) is 12.0 Å². The topological polar surface area (TPSA) is 84.4 Å². The van der Waals surface area contributed by atoms with Gasteiger partial charge in [-0.15, -0.1) is 0 Å². The summed E-state index contributed by atoms with van der Waals surface area (Å²) in [6.07, 6.45) is 2.14. The molecule has 2 heterocycles. The van der Waals surface area contributed by atoms with Crippen LogP contribution in [0.25, 0.3) is 0 Å². The molecular formula is C13H18N4O3. The van der Waals surface area contributed by atoms with Crippen molar-refractivity contribution >= 4 is 17.5 Å². The average Bonchev–Trinajstić information content (AvgIpc) is 2.47. The van der Waals surface area contributed by atoms with E-state index in [1.807, 2.05) is 6.92 Å². The first-order chi connectivity index (χ1) is 9.67. The number of piperidine rings is 1. The zero-order valence-corrected chi connectivity index (χ0v) is 11.7. The lowest BCUT2D eigenvalue weighted by Crippen LogP contribution is -2.39. The minimum Gasteiger partial charge on any atom is -0.491 e. The molecule has 1 N–H and O–H groups in total. The largest absolute Gasteiger partial charge is 0.491 e. The Labute approximate surface area is 117 Å². The molecule has 0 atom stereocenters. The third-order valence-corrected chi connectivity index (χ3v) is 3.16. The summed E-state index contributed by atoms with van der Waals surface area (Å²) in [6, 6.07) is 0. The number of rotatable bonds is 4. The number of hydrogen-bond donors (Lipinski definition) is 1. The summed E-state index contributed by atoms with van der Waals surface area (Å²) in [5.41, 5.74) is 0.229. The molecule has 1 aliphatic heterocycles. The molecule has 7 heteroatoms. The molecule has 1 aromatic heterocycles. The molecule has 1 saturated heterocycles. The van der Waals surface area contributed by atoms with Gasteiger partial charge >= 0.3 is 0 Å². The van der Waals surface area contributed by atoms with E-state index in [1.54, 1.807) is 4.90 Å². The fourth-order valence-electron chi connectivity index (χ4n) is 2.12. The predicted molar refractivity (Wildman–Crippen MR) is 72.9 cm³/mol. The quantitative estimate of drug-likeness (QED) is 0.873. The van der Waals surface area contributed by atoms with Crippen LogP contribution in [0.2, 0.25) is 0 Å². The second-order valence-electron chi connectivity index (χ2n) is 4.47. The zero-order chi connectivity index (χ0) is 14.5. The first kappa shape index (κ1) is 14.2. The molecule has 1 aliphatic rings. The fraction of sp³-hybridized carbons (Fsp3) is 0.538. The van der Waals surface area contributed by atoms with Gasteiger partial charge in [-0.25, -0.2) is 9.97 Å². The van der Waals surface area contributed by atoms with Crippen LogP contribution in [0.1, 0.15) is 30.3 Å². The van der Waals surface area contributed by atoms with Gasteiger partial charge < -0.3 is 15.0 Å². The Balaban J connectivity index is 2.25. The van der Waals surface area contributed by atoms with Gasteiger partial charge in [-0.2, -0.15) is 0 Å². The summed E-state index contributed by atoms with van der Waals surface area (Å²) in [5, 5.41) is 3.03. The minimum atomic E-state index is -0.226. The third-order valence-electron chi connectivity index (χ3n) is 3.16. The van der Waals surface area contributed by atoms with Gasteiger partial charge in [-0.1, -0.05) is 0 Å². The summed E-state index contributed by atoms with van der Waals surface area (Å²) in [7, 11) is 1.48. The van der Waals surface area contributed by atoms with Crippen molar-refractivity contribution in [2.45, 2.75) is 19.8 Å². The first-order valence-electron chi connectivity index (χ1n) is 6.61. The molecule has 0 radical (unpaired) electrons. The summed E-state index contributed by atoms with van der Waals surface area (Å²) in [4.78, 5) is 33.4. The molecule has 0 unspecified atom stereocenters. The van der Waals surface area contributed by atoms with Crippen molar-refractivity contribution in [2.24, 2.45) is 0 Å². The molecule has 108 valence electrons. The van der Waals surface area contributed by atoms with Gasteiger partial charge in [0.2, 0.25) is 0 Å². The number of ether oxygens (including phenoxy) is 1. The molecule has 1 amide bonds. The second kappa shape index (κ2) is 6.31. The minimum absolute atomic E-state index is 0.192. The molecule has 20 heavy (non-hydrogen) atoms. The van der Waals surface area contributed by atoms with Gasteiger partial charge in [0.1, 0.15) is 12.1 Å². The molecule has 0 aromatic carbocycles. The van der Waals surface area contributed by atoms with E-state index >= 15 is 0 Å². The molecule has 2 rings (SSSR count). The number of nitrogens with zero attached hydrogens (tertiary/aromatic N) is 3. The number of carbonyl (C=O) groups excluding carboxylic acids is 2. The van der Waals surface area contributed by atoms with Gasteiger partial charge in [-0.05, 0) is 6.92 Å². The van der Waals surface area contributed by atoms with Crippen LogP contribution in [0.3, 0.4) is 0 Å². The molecule has 0 saturated carbocycles. The lowest BCUT2D eigenvalue weighted by atomic mass is 10.1. The number of amides is 1. The number of anilines is 1. The molecule has 0 aliphatic carbocycles. The summed E-state index contributed by atoms with van der Waals surface area (Å²) >= 11 is 0. The van der Waals surface area contributed by atoms with E-state index in [0.717, 1.165) is 0 Å². The molecule has 7 nitrogen and oxygen atoms in total. The van der Waals surface area contributed by atoms with E-state index in [1.165, 1.54) is 13.4 Å². The van der Waals surface area contributed by atoms with Crippen molar-refractivity contribution in [3.63, 3.8) is 0 Å². The van der Waals surface area contributed by atoms with Crippen LogP contribution in [-0.4, -0.2) is 53.3 Å². The number of nitrogens with one attached hydrogen (secondary N) is 1. The number of hydrogen-bond acceptors (Lipinski definition) is 6. The van der Waals surface area contributed by atoms with Crippen LogP contribution in [0.15, 0.2) is 6.33 Å². The normalized spacial score (nSPS) is 15.1. The van der Waals surface area contributed by atoms with Gasteiger partial charge in [-0.3, -0.25) is 9.59 Å². The Kier molecular flexibility index (Phi) is 4.49. The number of aromatic nitrogens is 2. The first-order valence-corrected chi connectivity index (χ1v) is 6.61. The highest BCUT2D eigenvalue weighted by molar-refractivity contribution is 5.97. The highest BCUT2D eigenvalue weighted by atomic mass is 16.5. The van der Waals surface area contributed by atoms with E-state index in [4.69, 9.17) is 4.74 Å². The SMILES string of the molecule is CCNc1ncnc(C(=O)N2CCC(=O)CC2)c1OC. The Hall–Kier alpha value is -2.18. The number of likely N-dealkylation sites (tertiary alicyclic amines) is 1. The number of carbonyl (C=O) groups is 2. The predicted octanol–water partition coefficient (Wildman–Crippen LogP) is 0.722. The maximum atomic E-state index is 12.5. The monoisotopic (exact) mass is 278 g/mol.